The monoisotopic (exact) mass is 277 g/mol. The number of pyridine rings is 1. The van der Waals surface area contributed by atoms with Crippen molar-refractivity contribution in [1.29, 1.82) is 0 Å². The van der Waals surface area contributed by atoms with Crippen LogP contribution in [0.25, 0.3) is 0 Å². The highest BCUT2D eigenvalue weighted by Gasteiger charge is 2.40. The molecule has 2 saturated carbocycles. The first kappa shape index (κ1) is 13.5. The second-order valence-electron chi connectivity index (χ2n) is 6.04. The molecule has 0 aromatic carbocycles. The topological polar surface area (TPSA) is 68.0 Å². The molecule has 1 amide bonds. The van der Waals surface area contributed by atoms with Gasteiger partial charge in [-0.25, -0.2) is 4.39 Å². The molecule has 0 radical (unpaired) electrons. The third-order valence-corrected chi connectivity index (χ3v) is 4.69. The molecule has 2 atom stereocenters. The van der Waals surface area contributed by atoms with Crippen LogP contribution in [0.4, 0.5) is 4.39 Å². The van der Waals surface area contributed by atoms with E-state index in [0.29, 0.717) is 11.8 Å². The van der Waals surface area contributed by atoms with E-state index >= 15 is 0 Å². The molecule has 1 aromatic heterocycles. The van der Waals surface area contributed by atoms with Crippen molar-refractivity contribution in [2.75, 3.05) is 0 Å². The Hall–Kier alpha value is -1.49. The van der Waals surface area contributed by atoms with Gasteiger partial charge in [-0.2, -0.15) is 0 Å². The lowest BCUT2D eigenvalue weighted by Gasteiger charge is -2.45. The summed E-state index contributed by atoms with van der Waals surface area (Å²) in [5, 5.41) is 3.04. The number of hydrogen-bond donors (Lipinski definition) is 2. The molecule has 4 nitrogen and oxygen atoms in total. The molecule has 1 heterocycles. The van der Waals surface area contributed by atoms with Crippen molar-refractivity contribution in [3.63, 3.8) is 0 Å². The number of carbonyl (C=O) groups excluding carboxylic acids is 1. The van der Waals surface area contributed by atoms with E-state index < -0.39 is 5.82 Å². The summed E-state index contributed by atoms with van der Waals surface area (Å²) in [4.78, 5) is 15.9. The third kappa shape index (κ3) is 2.54. The molecule has 20 heavy (non-hydrogen) atoms. The van der Waals surface area contributed by atoms with Crippen LogP contribution in [0.15, 0.2) is 18.5 Å². The SMILES string of the molecule is NC1CC2CCCC(C1)C2NC(=O)c1ccncc1F. The van der Waals surface area contributed by atoms with Crippen molar-refractivity contribution in [1.82, 2.24) is 10.3 Å². The molecular formula is C15H20FN3O. The van der Waals surface area contributed by atoms with Gasteiger partial charge >= 0.3 is 0 Å². The minimum Gasteiger partial charge on any atom is -0.349 e. The standard InChI is InChI=1S/C15H20FN3O/c16-13-8-18-5-4-12(13)15(20)19-14-9-2-1-3-10(14)7-11(17)6-9/h4-5,8-11,14H,1-3,6-7,17H2,(H,19,20). The smallest absolute Gasteiger partial charge is 0.254 e. The number of fused-ring (bicyclic) bond motifs is 2. The molecular weight excluding hydrogens is 257 g/mol. The number of nitrogens with two attached hydrogens (primary N) is 1. The lowest BCUT2D eigenvalue weighted by atomic mass is 9.67. The van der Waals surface area contributed by atoms with E-state index in [-0.39, 0.29) is 23.6 Å². The summed E-state index contributed by atoms with van der Waals surface area (Å²) in [5.74, 6) is -0.0253. The molecule has 1 aromatic rings. The number of aromatic nitrogens is 1. The summed E-state index contributed by atoms with van der Waals surface area (Å²) in [6.07, 6.45) is 7.85. The predicted octanol–water partition coefficient (Wildman–Crippen LogP) is 1.86. The van der Waals surface area contributed by atoms with Crippen molar-refractivity contribution in [3.05, 3.63) is 29.8 Å². The van der Waals surface area contributed by atoms with Crippen molar-refractivity contribution in [2.45, 2.75) is 44.2 Å². The van der Waals surface area contributed by atoms with Crippen LogP contribution in [0.1, 0.15) is 42.5 Å². The fourth-order valence-corrected chi connectivity index (χ4v) is 3.81. The number of carbonyl (C=O) groups is 1. The zero-order chi connectivity index (χ0) is 14.1. The Morgan fingerprint density at radius 1 is 1.35 bits per heavy atom. The van der Waals surface area contributed by atoms with Gasteiger partial charge in [0.15, 0.2) is 5.82 Å². The number of rotatable bonds is 2. The van der Waals surface area contributed by atoms with Gasteiger partial charge < -0.3 is 11.1 Å². The normalized spacial score (nSPS) is 32.7. The van der Waals surface area contributed by atoms with E-state index in [2.05, 4.69) is 10.3 Å². The van der Waals surface area contributed by atoms with E-state index in [1.165, 1.54) is 18.7 Å². The van der Waals surface area contributed by atoms with E-state index in [1.54, 1.807) is 0 Å². The average molecular weight is 277 g/mol. The number of amides is 1. The van der Waals surface area contributed by atoms with Crippen LogP contribution in [0, 0.1) is 17.7 Å². The molecule has 0 spiro atoms. The number of nitrogens with zero attached hydrogens (tertiary/aromatic N) is 1. The van der Waals surface area contributed by atoms with Crippen molar-refractivity contribution < 1.29 is 9.18 Å². The number of halogens is 1. The third-order valence-electron chi connectivity index (χ3n) is 4.69. The average Bonchev–Trinajstić information content (AvgIpc) is 2.40. The van der Waals surface area contributed by atoms with Crippen molar-refractivity contribution in [3.8, 4) is 0 Å². The van der Waals surface area contributed by atoms with Crippen LogP contribution in [-0.4, -0.2) is 23.0 Å². The Balaban J connectivity index is 1.74. The second-order valence-corrected chi connectivity index (χ2v) is 6.04. The molecule has 2 bridgehead atoms. The van der Waals surface area contributed by atoms with Gasteiger partial charge in [0.25, 0.3) is 5.91 Å². The predicted molar refractivity (Wildman–Crippen MR) is 73.5 cm³/mol. The maximum atomic E-state index is 13.6. The highest BCUT2D eigenvalue weighted by atomic mass is 19.1. The van der Waals surface area contributed by atoms with Gasteiger partial charge in [0.05, 0.1) is 11.8 Å². The minimum atomic E-state index is -0.567. The molecule has 2 aliphatic rings. The van der Waals surface area contributed by atoms with Crippen LogP contribution >= 0.6 is 0 Å². The highest BCUT2D eigenvalue weighted by Crippen LogP contribution is 2.39. The van der Waals surface area contributed by atoms with E-state index in [4.69, 9.17) is 5.73 Å². The van der Waals surface area contributed by atoms with E-state index in [1.807, 2.05) is 0 Å². The summed E-state index contributed by atoms with van der Waals surface area (Å²) >= 11 is 0. The fraction of sp³-hybridized carbons (Fsp3) is 0.600. The molecule has 0 saturated heterocycles. The van der Waals surface area contributed by atoms with Crippen LogP contribution in [-0.2, 0) is 0 Å². The minimum absolute atomic E-state index is 0.0768. The molecule has 108 valence electrons. The van der Waals surface area contributed by atoms with Gasteiger partial charge in [0.1, 0.15) is 0 Å². The number of nitrogens with one attached hydrogen (secondary N) is 1. The molecule has 2 unspecified atom stereocenters. The van der Waals surface area contributed by atoms with Gasteiger partial charge in [-0.3, -0.25) is 9.78 Å². The van der Waals surface area contributed by atoms with Crippen LogP contribution in [0.3, 0.4) is 0 Å². The summed E-state index contributed by atoms with van der Waals surface area (Å²) in [5.41, 5.74) is 6.15. The van der Waals surface area contributed by atoms with Gasteiger partial charge in [-0.05, 0) is 43.6 Å². The van der Waals surface area contributed by atoms with Gasteiger partial charge in [0.2, 0.25) is 0 Å². The Kier molecular flexibility index (Phi) is 3.70. The fourth-order valence-electron chi connectivity index (χ4n) is 3.81. The molecule has 0 aliphatic heterocycles. The first-order valence-corrected chi connectivity index (χ1v) is 7.31. The highest BCUT2D eigenvalue weighted by molar-refractivity contribution is 5.94. The first-order valence-electron chi connectivity index (χ1n) is 7.31. The molecule has 2 fully saturated rings. The summed E-state index contributed by atoms with van der Waals surface area (Å²) < 4.78 is 13.6. The zero-order valence-electron chi connectivity index (χ0n) is 11.4. The van der Waals surface area contributed by atoms with Crippen LogP contribution in [0.5, 0.6) is 0 Å². The molecule has 5 heteroatoms. The van der Waals surface area contributed by atoms with Gasteiger partial charge in [-0.1, -0.05) is 6.42 Å². The zero-order valence-corrected chi connectivity index (χ0v) is 11.4. The Morgan fingerprint density at radius 2 is 2.05 bits per heavy atom. The summed E-state index contributed by atoms with van der Waals surface area (Å²) in [6, 6.07) is 1.81. The summed E-state index contributed by atoms with van der Waals surface area (Å²) in [7, 11) is 0. The largest absolute Gasteiger partial charge is 0.349 e. The first-order chi connectivity index (χ1) is 9.65. The Morgan fingerprint density at radius 3 is 2.70 bits per heavy atom. The lowest BCUT2D eigenvalue weighted by molar-refractivity contribution is 0.0752. The van der Waals surface area contributed by atoms with Crippen LogP contribution in [0.2, 0.25) is 0 Å². The lowest BCUT2D eigenvalue weighted by Crippen LogP contribution is -2.53. The molecule has 3 rings (SSSR count). The Bertz CT molecular complexity index is 494. The van der Waals surface area contributed by atoms with Crippen molar-refractivity contribution in [2.24, 2.45) is 17.6 Å². The van der Waals surface area contributed by atoms with Crippen molar-refractivity contribution >= 4 is 5.91 Å². The van der Waals surface area contributed by atoms with E-state index in [0.717, 1.165) is 31.9 Å². The molecule has 2 aliphatic carbocycles. The maximum absolute atomic E-state index is 13.6. The maximum Gasteiger partial charge on any atom is 0.254 e. The summed E-state index contributed by atoms with van der Waals surface area (Å²) in [6.45, 7) is 0. The van der Waals surface area contributed by atoms with Gasteiger partial charge in [0, 0.05) is 18.3 Å². The van der Waals surface area contributed by atoms with Gasteiger partial charge in [-0.15, -0.1) is 0 Å². The quantitative estimate of drug-likeness (QED) is 0.867. The molecule has 3 N–H and O–H groups in total. The van der Waals surface area contributed by atoms with E-state index in [9.17, 15) is 9.18 Å². The number of hydrogen-bond acceptors (Lipinski definition) is 3. The Labute approximate surface area is 118 Å². The van der Waals surface area contributed by atoms with Crippen LogP contribution < -0.4 is 11.1 Å². The second kappa shape index (κ2) is 5.48.